The highest BCUT2D eigenvalue weighted by atomic mass is 16.5. The molecule has 0 aliphatic rings. The Hall–Kier alpha value is -3.35. The first-order valence-electron chi connectivity index (χ1n) is 7.75. The van der Waals surface area contributed by atoms with Gasteiger partial charge < -0.3 is 15.0 Å². The number of nitrogens with zero attached hydrogens (tertiary/aromatic N) is 2. The van der Waals surface area contributed by atoms with Crippen LogP contribution in [0.2, 0.25) is 0 Å². The molecule has 3 aromatic rings. The molecule has 0 spiro atoms. The van der Waals surface area contributed by atoms with E-state index in [1.165, 1.54) is 18.3 Å². The van der Waals surface area contributed by atoms with E-state index in [1.807, 2.05) is 37.4 Å². The molecule has 0 saturated heterocycles. The first-order chi connectivity index (χ1) is 12.1. The van der Waals surface area contributed by atoms with Crippen LogP contribution < -0.4 is 15.6 Å². The summed E-state index contributed by atoms with van der Waals surface area (Å²) in [5.41, 5.74) is 1.92. The Bertz CT molecular complexity index is 907. The largest absolute Gasteiger partial charge is 0.497 e. The van der Waals surface area contributed by atoms with Crippen molar-refractivity contribution in [2.45, 2.75) is 13.0 Å². The summed E-state index contributed by atoms with van der Waals surface area (Å²) in [4.78, 5) is 25.8. The molecule has 0 fully saturated rings. The highest BCUT2D eigenvalue weighted by Gasteiger charge is 2.13. The maximum Gasteiger partial charge on any atom is 0.253 e. The number of rotatable bonds is 5. The highest BCUT2D eigenvalue weighted by Crippen LogP contribution is 2.17. The van der Waals surface area contributed by atoms with Crippen LogP contribution in [0.15, 0.2) is 59.8 Å². The summed E-state index contributed by atoms with van der Waals surface area (Å²) >= 11 is 0. The number of pyridine rings is 1. The summed E-state index contributed by atoms with van der Waals surface area (Å²) in [5.74, 6) is 0.513. The minimum atomic E-state index is -0.263. The van der Waals surface area contributed by atoms with E-state index in [9.17, 15) is 9.59 Å². The molecule has 25 heavy (non-hydrogen) atoms. The summed E-state index contributed by atoms with van der Waals surface area (Å²) in [6.45, 7) is 1.87. The molecule has 7 nitrogen and oxygen atoms in total. The normalized spacial score (nSPS) is 11.8. The monoisotopic (exact) mass is 338 g/mol. The minimum absolute atomic E-state index is 0.230. The van der Waals surface area contributed by atoms with E-state index in [0.717, 1.165) is 17.0 Å². The molecule has 7 heteroatoms. The number of hydrogen-bond donors (Lipinski definition) is 2. The van der Waals surface area contributed by atoms with Gasteiger partial charge in [-0.2, -0.15) is 5.10 Å². The van der Waals surface area contributed by atoms with Gasteiger partial charge in [0.25, 0.3) is 5.91 Å². The standard InChI is InChI=1S/C18H18N4O3/c1-12(21-18(24)13-3-8-17(23)19-9-13)14-10-20-22(11-14)15-4-6-16(25-2)7-5-15/h3-12H,1-2H3,(H,19,23)(H,21,24)/t12-/m0/s1. The van der Waals surface area contributed by atoms with E-state index in [2.05, 4.69) is 15.4 Å². The lowest BCUT2D eigenvalue weighted by molar-refractivity contribution is 0.0939. The van der Waals surface area contributed by atoms with Crippen LogP contribution in [0.5, 0.6) is 5.75 Å². The van der Waals surface area contributed by atoms with Crippen molar-refractivity contribution in [3.63, 3.8) is 0 Å². The maximum absolute atomic E-state index is 12.2. The van der Waals surface area contributed by atoms with Gasteiger partial charge in [-0.1, -0.05) is 0 Å². The SMILES string of the molecule is COc1ccc(-n2cc([C@H](C)NC(=O)c3ccc(=O)[nH]c3)cn2)cc1. The first kappa shape index (κ1) is 16.5. The molecule has 1 aromatic carbocycles. The van der Waals surface area contributed by atoms with E-state index in [-0.39, 0.29) is 17.5 Å². The van der Waals surface area contributed by atoms with Gasteiger partial charge in [0, 0.05) is 24.0 Å². The second-order valence-electron chi connectivity index (χ2n) is 5.55. The minimum Gasteiger partial charge on any atom is -0.497 e. The molecule has 0 saturated carbocycles. The van der Waals surface area contributed by atoms with Gasteiger partial charge in [-0.25, -0.2) is 4.68 Å². The number of aromatic amines is 1. The third-order valence-corrected chi connectivity index (χ3v) is 3.83. The molecular weight excluding hydrogens is 320 g/mol. The van der Waals surface area contributed by atoms with Crippen molar-refractivity contribution >= 4 is 5.91 Å². The molecule has 128 valence electrons. The van der Waals surface area contributed by atoms with Crippen molar-refractivity contribution in [1.82, 2.24) is 20.1 Å². The number of ether oxygens (including phenoxy) is 1. The summed E-state index contributed by atoms with van der Waals surface area (Å²) < 4.78 is 6.88. The Morgan fingerprint density at radius 2 is 2.00 bits per heavy atom. The number of nitrogens with one attached hydrogen (secondary N) is 2. The molecule has 1 atom stereocenters. The van der Waals surface area contributed by atoms with E-state index in [4.69, 9.17) is 4.74 Å². The average Bonchev–Trinajstić information content (AvgIpc) is 3.12. The predicted molar refractivity (Wildman–Crippen MR) is 93.1 cm³/mol. The third kappa shape index (κ3) is 3.77. The summed E-state index contributed by atoms with van der Waals surface area (Å²) in [7, 11) is 1.62. The van der Waals surface area contributed by atoms with E-state index in [0.29, 0.717) is 5.56 Å². The van der Waals surface area contributed by atoms with Crippen LogP contribution in [0, 0.1) is 0 Å². The number of methoxy groups -OCH3 is 1. The van der Waals surface area contributed by atoms with Crippen molar-refractivity contribution < 1.29 is 9.53 Å². The molecule has 0 unspecified atom stereocenters. The Labute approximate surface area is 144 Å². The number of carbonyl (C=O) groups is 1. The fraction of sp³-hybridized carbons (Fsp3) is 0.167. The molecule has 2 aromatic heterocycles. The van der Waals surface area contributed by atoms with Gasteiger partial charge in [0.15, 0.2) is 0 Å². The van der Waals surface area contributed by atoms with Gasteiger partial charge in [0.1, 0.15) is 5.75 Å². The van der Waals surface area contributed by atoms with Crippen molar-refractivity contribution in [3.05, 3.63) is 76.5 Å². The van der Waals surface area contributed by atoms with E-state index in [1.54, 1.807) is 18.0 Å². The van der Waals surface area contributed by atoms with Gasteiger partial charge in [-0.15, -0.1) is 0 Å². The van der Waals surface area contributed by atoms with Crippen LogP contribution in [0.1, 0.15) is 28.9 Å². The number of H-pyrrole nitrogens is 1. The molecule has 1 amide bonds. The third-order valence-electron chi connectivity index (χ3n) is 3.83. The number of hydrogen-bond acceptors (Lipinski definition) is 4. The smallest absolute Gasteiger partial charge is 0.253 e. The summed E-state index contributed by atoms with van der Waals surface area (Å²) in [6.07, 6.45) is 4.97. The Morgan fingerprint density at radius 3 is 2.64 bits per heavy atom. The van der Waals surface area contributed by atoms with E-state index < -0.39 is 0 Å². The Kier molecular flexibility index (Phi) is 4.65. The molecule has 3 rings (SSSR count). The molecule has 2 heterocycles. The van der Waals surface area contributed by atoms with Crippen LogP contribution in [0.4, 0.5) is 0 Å². The van der Waals surface area contributed by atoms with Gasteiger partial charge in [-0.05, 0) is 37.3 Å². The first-order valence-corrected chi connectivity index (χ1v) is 7.75. The van der Waals surface area contributed by atoms with Crippen LogP contribution >= 0.6 is 0 Å². The highest BCUT2D eigenvalue weighted by molar-refractivity contribution is 5.94. The van der Waals surface area contributed by atoms with Crippen molar-refractivity contribution in [2.24, 2.45) is 0 Å². The lowest BCUT2D eigenvalue weighted by atomic mass is 10.1. The number of carbonyl (C=O) groups excluding carboxylic acids is 1. The maximum atomic E-state index is 12.2. The van der Waals surface area contributed by atoms with Gasteiger partial charge in [0.2, 0.25) is 5.56 Å². The van der Waals surface area contributed by atoms with Crippen LogP contribution in [-0.4, -0.2) is 27.8 Å². The predicted octanol–water partition coefficient (Wildman–Crippen LogP) is 2.06. The topological polar surface area (TPSA) is 89.0 Å². The quantitative estimate of drug-likeness (QED) is 0.745. The van der Waals surface area contributed by atoms with Crippen molar-refractivity contribution in [2.75, 3.05) is 7.11 Å². The number of aromatic nitrogens is 3. The number of amides is 1. The average molecular weight is 338 g/mol. The Balaban J connectivity index is 1.71. The molecule has 0 aliphatic heterocycles. The zero-order valence-electron chi connectivity index (χ0n) is 13.9. The number of benzene rings is 1. The fourth-order valence-electron chi connectivity index (χ4n) is 2.35. The van der Waals surface area contributed by atoms with Gasteiger partial charge in [0.05, 0.1) is 30.6 Å². The van der Waals surface area contributed by atoms with Crippen LogP contribution in [0.3, 0.4) is 0 Å². The van der Waals surface area contributed by atoms with Crippen molar-refractivity contribution in [3.8, 4) is 11.4 Å². The lowest BCUT2D eigenvalue weighted by Gasteiger charge is -2.12. The second kappa shape index (κ2) is 7.04. The lowest BCUT2D eigenvalue weighted by Crippen LogP contribution is -2.27. The van der Waals surface area contributed by atoms with Crippen molar-refractivity contribution in [1.29, 1.82) is 0 Å². The molecule has 2 N–H and O–H groups in total. The van der Waals surface area contributed by atoms with Gasteiger partial charge >= 0.3 is 0 Å². The zero-order valence-corrected chi connectivity index (χ0v) is 13.9. The summed E-state index contributed by atoms with van der Waals surface area (Å²) in [5, 5.41) is 7.21. The second-order valence-corrected chi connectivity index (χ2v) is 5.55. The zero-order chi connectivity index (χ0) is 17.8. The molecule has 0 bridgehead atoms. The molecule has 0 aliphatic carbocycles. The molecular formula is C18H18N4O3. The molecule has 0 radical (unpaired) electrons. The van der Waals surface area contributed by atoms with E-state index >= 15 is 0 Å². The summed E-state index contributed by atoms with van der Waals surface area (Å²) in [6, 6.07) is 10.1. The Morgan fingerprint density at radius 1 is 1.24 bits per heavy atom. The van der Waals surface area contributed by atoms with Gasteiger partial charge in [-0.3, -0.25) is 9.59 Å². The van der Waals surface area contributed by atoms with Crippen LogP contribution in [-0.2, 0) is 0 Å². The van der Waals surface area contributed by atoms with Crippen LogP contribution in [0.25, 0.3) is 5.69 Å². The fourth-order valence-corrected chi connectivity index (χ4v) is 2.35.